The van der Waals surface area contributed by atoms with E-state index < -0.39 is 0 Å². The molecule has 0 aromatic carbocycles. The highest BCUT2D eigenvalue weighted by Crippen LogP contribution is 2.23. The zero-order valence-electron chi connectivity index (χ0n) is 7.66. The number of nitrogens with zero attached hydrogens (tertiary/aromatic N) is 1. The lowest BCUT2D eigenvalue weighted by molar-refractivity contribution is 0.611. The van der Waals surface area contributed by atoms with E-state index in [1.165, 1.54) is 18.4 Å². The normalized spacial score (nSPS) is 12.8. The number of hydrogen-bond donors (Lipinski definition) is 0. The van der Waals surface area contributed by atoms with Crippen molar-refractivity contribution >= 4 is 0 Å². The van der Waals surface area contributed by atoms with Crippen LogP contribution in [0.1, 0.15) is 37.7 Å². The van der Waals surface area contributed by atoms with Gasteiger partial charge in [-0.3, -0.25) is 4.98 Å². The summed E-state index contributed by atoms with van der Waals surface area (Å²) in [6.07, 6.45) is 7.11. The van der Waals surface area contributed by atoms with Crippen LogP contribution in [0.5, 0.6) is 0 Å². The van der Waals surface area contributed by atoms with E-state index in [1.54, 1.807) is 0 Å². The molecule has 0 amide bonds. The first-order valence-corrected chi connectivity index (χ1v) is 4.57. The minimum Gasteiger partial charge on any atom is -0.265 e. The Morgan fingerprint density at radius 1 is 1.42 bits per heavy atom. The minimum atomic E-state index is 0.672. The summed E-state index contributed by atoms with van der Waals surface area (Å²) in [7, 11) is 0. The van der Waals surface area contributed by atoms with Gasteiger partial charge in [0.1, 0.15) is 0 Å². The molecule has 1 radical (unpaired) electrons. The third-order valence-corrected chi connectivity index (χ3v) is 2.22. The van der Waals surface area contributed by atoms with Crippen LogP contribution in [0, 0.1) is 6.92 Å². The summed E-state index contributed by atoms with van der Waals surface area (Å²) < 4.78 is 0. The summed E-state index contributed by atoms with van der Waals surface area (Å²) in [6, 6.07) is 4.20. The van der Waals surface area contributed by atoms with E-state index in [1.807, 2.05) is 12.4 Å². The molecule has 0 aliphatic rings. The molecular formula is C11H16N. The van der Waals surface area contributed by atoms with Crippen LogP contribution in [-0.2, 0) is 0 Å². The first-order chi connectivity index (χ1) is 5.88. The van der Waals surface area contributed by atoms with Crippen LogP contribution in [0.3, 0.4) is 0 Å². The number of rotatable bonds is 4. The van der Waals surface area contributed by atoms with E-state index in [0.717, 1.165) is 6.42 Å². The van der Waals surface area contributed by atoms with Gasteiger partial charge in [-0.25, -0.2) is 0 Å². The van der Waals surface area contributed by atoms with Crippen LogP contribution >= 0.6 is 0 Å². The van der Waals surface area contributed by atoms with Crippen LogP contribution in [0.4, 0.5) is 0 Å². The molecule has 0 saturated carbocycles. The summed E-state index contributed by atoms with van der Waals surface area (Å²) in [5.41, 5.74) is 1.40. The van der Waals surface area contributed by atoms with Gasteiger partial charge in [0.2, 0.25) is 0 Å². The quantitative estimate of drug-likeness (QED) is 0.662. The molecule has 0 bridgehead atoms. The average Bonchev–Trinajstić information content (AvgIpc) is 2.15. The molecule has 1 heteroatoms. The molecule has 65 valence electrons. The van der Waals surface area contributed by atoms with Gasteiger partial charge in [-0.05, 0) is 36.5 Å². The Labute approximate surface area is 74.8 Å². The molecule has 0 spiro atoms. The summed E-state index contributed by atoms with van der Waals surface area (Å²) in [4.78, 5) is 4.01. The standard InChI is InChI=1S/C11H16N/c1-3-5-10(4-2)11-6-8-12-9-7-11/h6-10H,1,3-5H2,2H3. The maximum absolute atomic E-state index is 4.01. The highest BCUT2D eigenvalue weighted by molar-refractivity contribution is 5.15. The van der Waals surface area contributed by atoms with Gasteiger partial charge in [0.05, 0.1) is 0 Å². The summed E-state index contributed by atoms with van der Waals surface area (Å²) >= 11 is 0. The van der Waals surface area contributed by atoms with Crippen molar-refractivity contribution in [2.24, 2.45) is 0 Å². The van der Waals surface area contributed by atoms with Crippen molar-refractivity contribution in [2.75, 3.05) is 0 Å². The molecule has 1 heterocycles. The number of aromatic nitrogens is 1. The van der Waals surface area contributed by atoms with Crippen molar-refractivity contribution in [3.05, 3.63) is 37.0 Å². The molecule has 0 saturated heterocycles. The lowest BCUT2D eigenvalue weighted by atomic mass is 9.93. The van der Waals surface area contributed by atoms with Crippen molar-refractivity contribution in [1.29, 1.82) is 0 Å². The smallest absolute Gasteiger partial charge is 0.0270 e. The Balaban J connectivity index is 2.66. The molecule has 0 N–H and O–H groups in total. The van der Waals surface area contributed by atoms with Crippen molar-refractivity contribution in [2.45, 2.75) is 32.1 Å². The molecule has 0 aliphatic carbocycles. The highest BCUT2D eigenvalue weighted by atomic mass is 14.6. The predicted octanol–water partition coefficient (Wildman–Crippen LogP) is 3.19. The third kappa shape index (κ3) is 2.33. The van der Waals surface area contributed by atoms with E-state index in [4.69, 9.17) is 0 Å². The van der Waals surface area contributed by atoms with Gasteiger partial charge < -0.3 is 0 Å². The fraction of sp³-hybridized carbons (Fsp3) is 0.455. The van der Waals surface area contributed by atoms with Gasteiger partial charge in [-0.2, -0.15) is 0 Å². The molecule has 1 aromatic rings. The SMILES string of the molecule is [CH2]CCC(CC)c1ccncc1. The Hall–Kier alpha value is -0.850. The Morgan fingerprint density at radius 2 is 2.08 bits per heavy atom. The zero-order valence-corrected chi connectivity index (χ0v) is 7.66. The summed E-state index contributed by atoms with van der Waals surface area (Å²) in [5, 5.41) is 0. The Bertz CT molecular complexity index is 206. The van der Waals surface area contributed by atoms with E-state index >= 15 is 0 Å². The van der Waals surface area contributed by atoms with Crippen LogP contribution in [0.2, 0.25) is 0 Å². The molecule has 1 atom stereocenters. The molecule has 12 heavy (non-hydrogen) atoms. The third-order valence-electron chi connectivity index (χ3n) is 2.22. The highest BCUT2D eigenvalue weighted by Gasteiger charge is 2.06. The van der Waals surface area contributed by atoms with Crippen LogP contribution < -0.4 is 0 Å². The fourth-order valence-electron chi connectivity index (χ4n) is 1.49. The second-order valence-corrected chi connectivity index (χ2v) is 3.03. The first kappa shape index (κ1) is 9.24. The average molecular weight is 162 g/mol. The monoisotopic (exact) mass is 162 g/mol. The molecule has 0 aliphatic heterocycles. The summed E-state index contributed by atoms with van der Waals surface area (Å²) in [5.74, 6) is 0.672. The molecule has 1 rings (SSSR count). The van der Waals surface area contributed by atoms with E-state index in [-0.39, 0.29) is 0 Å². The Morgan fingerprint density at radius 3 is 2.58 bits per heavy atom. The van der Waals surface area contributed by atoms with E-state index in [0.29, 0.717) is 5.92 Å². The largest absolute Gasteiger partial charge is 0.265 e. The summed E-state index contributed by atoms with van der Waals surface area (Å²) in [6.45, 7) is 6.11. The predicted molar refractivity (Wildman–Crippen MR) is 51.9 cm³/mol. The van der Waals surface area contributed by atoms with Crippen LogP contribution in [0.15, 0.2) is 24.5 Å². The van der Waals surface area contributed by atoms with Crippen molar-refractivity contribution < 1.29 is 0 Å². The van der Waals surface area contributed by atoms with Gasteiger partial charge in [0.15, 0.2) is 0 Å². The maximum Gasteiger partial charge on any atom is 0.0270 e. The van der Waals surface area contributed by atoms with Crippen molar-refractivity contribution in [1.82, 2.24) is 4.98 Å². The van der Waals surface area contributed by atoms with Gasteiger partial charge in [-0.15, -0.1) is 0 Å². The fourth-order valence-corrected chi connectivity index (χ4v) is 1.49. The van der Waals surface area contributed by atoms with Crippen LogP contribution in [0.25, 0.3) is 0 Å². The molecule has 0 fully saturated rings. The lowest BCUT2D eigenvalue weighted by Crippen LogP contribution is -1.96. The Kier molecular flexibility index (Phi) is 3.78. The topological polar surface area (TPSA) is 12.9 Å². The maximum atomic E-state index is 4.01. The number of pyridine rings is 1. The first-order valence-electron chi connectivity index (χ1n) is 4.57. The second kappa shape index (κ2) is 4.91. The molecule has 1 unspecified atom stereocenters. The van der Waals surface area contributed by atoms with Crippen molar-refractivity contribution in [3.63, 3.8) is 0 Å². The van der Waals surface area contributed by atoms with Crippen LogP contribution in [-0.4, -0.2) is 4.98 Å². The van der Waals surface area contributed by atoms with Gasteiger partial charge >= 0.3 is 0 Å². The van der Waals surface area contributed by atoms with E-state index in [2.05, 4.69) is 31.0 Å². The van der Waals surface area contributed by atoms with E-state index in [9.17, 15) is 0 Å². The molecule has 1 nitrogen and oxygen atoms in total. The molecule has 1 aromatic heterocycles. The minimum absolute atomic E-state index is 0.672. The number of hydrogen-bond acceptors (Lipinski definition) is 1. The lowest BCUT2D eigenvalue weighted by Gasteiger charge is -2.12. The van der Waals surface area contributed by atoms with Crippen molar-refractivity contribution in [3.8, 4) is 0 Å². The van der Waals surface area contributed by atoms with Gasteiger partial charge in [0, 0.05) is 12.4 Å². The van der Waals surface area contributed by atoms with Gasteiger partial charge in [0.25, 0.3) is 0 Å². The second-order valence-electron chi connectivity index (χ2n) is 3.03. The molecular weight excluding hydrogens is 146 g/mol. The zero-order chi connectivity index (χ0) is 8.81. The van der Waals surface area contributed by atoms with Gasteiger partial charge in [-0.1, -0.05) is 20.3 Å².